The van der Waals surface area contributed by atoms with Gasteiger partial charge in [-0.15, -0.1) is 10.2 Å². The van der Waals surface area contributed by atoms with Gasteiger partial charge in [-0.2, -0.15) is 0 Å². The molecule has 5 heteroatoms. The monoisotopic (exact) mass is 157 g/mol. The minimum atomic E-state index is -0.0796. The molecule has 1 aromatic heterocycles. The Kier molecular flexibility index (Phi) is 3.00. The zero-order valence-corrected chi connectivity index (χ0v) is 6.40. The van der Waals surface area contributed by atoms with Crippen molar-refractivity contribution in [3.8, 4) is 0 Å². The van der Waals surface area contributed by atoms with Crippen molar-refractivity contribution < 1.29 is 9.84 Å². The Hall–Kier alpha value is -0.940. The Morgan fingerprint density at radius 2 is 2.55 bits per heavy atom. The third-order valence-corrected chi connectivity index (χ3v) is 1.37. The summed E-state index contributed by atoms with van der Waals surface area (Å²) in [4.78, 5) is 0. The van der Waals surface area contributed by atoms with E-state index < -0.39 is 0 Å². The first-order chi connectivity index (χ1) is 5.38. The number of hydrogen-bond acceptors (Lipinski definition) is 4. The molecular weight excluding hydrogens is 146 g/mol. The van der Waals surface area contributed by atoms with Gasteiger partial charge in [0.2, 0.25) is 0 Å². The summed E-state index contributed by atoms with van der Waals surface area (Å²) in [6.45, 7) is 1.20. The highest BCUT2D eigenvalue weighted by Gasteiger charge is 2.00. The Morgan fingerprint density at radius 1 is 1.73 bits per heavy atom. The lowest BCUT2D eigenvalue weighted by atomic mass is 10.6. The van der Waals surface area contributed by atoms with Gasteiger partial charge >= 0.3 is 0 Å². The van der Waals surface area contributed by atoms with Crippen LogP contribution in [0.25, 0.3) is 0 Å². The average molecular weight is 157 g/mol. The lowest BCUT2D eigenvalue weighted by Crippen LogP contribution is -2.07. The molecule has 0 bridgehead atoms. The van der Waals surface area contributed by atoms with E-state index in [-0.39, 0.29) is 6.61 Å². The van der Waals surface area contributed by atoms with Crippen LogP contribution in [0.15, 0.2) is 6.33 Å². The molecule has 0 radical (unpaired) electrons. The fourth-order valence-corrected chi connectivity index (χ4v) is 0.778. The molecule has 62 valence electrons. The smallest absolute Gasteiger partial charge is 0.158 e. The maximum Gasteiger partial charge on any atom is 0.158 e. The van der Waals surface area contributed by atoms with Crippen molar-refractivity contribution in [2.24, 2.45) is 0 Å². The van der Waals surface area contributed by atoms with Gasteiger partial charge in [0.05, 0.1) is 6.61 Å². The Bertz CT molecular complexity index is 211. The molecule has 0 aliphatic rings. The second-order valence-electron chi connectivity index (χ2n) is 2.09. The van der Waals surface area contributed by atoms with Crippen LogP contribution < -0.4 is 0 Å². The first kappa shape index (κ1) is 8.16. The van der Waals surface area contributed by atoms with Gasteiger partial charge in [-0.05, 0) is 0 Å². The largest absolute Gasteiger partial charge is 0.388 e. The summed E-state index contributed by atoms with van der Waals surface area (Å²) >= 11 is 0. The first-order valence-corrected chi connectivity index (χ1v) is 3.35. The Labute approximate surface area is 64.6 Å². The zero-order valence-electron chi connectivity index (χ0n) is 6.40. The standard InChI is InChI=1S/C6H11N3O2/c1-11-3-2-9-5-7-8-6(9)4-10/h5,10H,2-4H2,1H3. The molecule has 0 aliphatic carbocycles. The van der Waals surface area contributed by atoms with Gasteiger partial charge in [-0.1, -0.05) is 0 Å². The van der Waals surface area contributed by atoms with Crippen molar-refractivity contribution in [1.29, 1.82) is 0 Å². The molecule has 11 heavy (non-hydrogen) atoms. The van der Waals surface area contributed by atoms with Crippen LogP contribution in [0, 0.1) is 0 Å². The molecule has 0 aromatic carbocycles. The number of aromatic nitrogens is 3. The summed E-state index contributed by atoms with van der Waals surface area (Å²) in [6, 6.07) is 0. The van der Waals surface area contributed by atoms with E-state index >= 15 is 0 Å². The van der Waals surface area contributed by atoms with Crippen molar-refractivity contribution >= 4 is 0 Å². The van der Waals surface area contributed by atoms with Crippen molar-refractivity contribution in [2.75, 3.05) is 13.7 Å². The van der Waals surface area contributed by atoms with E-state index in [2.05, 4.69) is 10.2 Å². The number of nitrogens with zero attached hydrogens (tertiary/aromatic N) is 3. The minimum Gasteiger partial charge on any atom is -0.388 e. The molecule has 1 N–H and O–H groups in total. The van der Waals surface area contributed by atoms with Gasteiger partial charge in [0.25, 0.3) is 0 Å². The normalized spacial score (nSPS) is 10.4. The number of rotatable bonds is 4. The summed E-state index contributed by atoms with van der Waals surface area (Å²) in [6.07, 6.45) is 1.57. The summed E-state index contributed by atoms with van der Waals surface area (Å²) in [5.74, 6) is 0.571. The molecule has 0 saturated heterocycles. The Balaban J connectivity index is 2.54. The number of hydrogen-bond donors (Lipinski definition) is 1. The third-order valence-electron chi connectivity index (χ3n) is 1.37. The second kappa shape index (κ2) is 4.05. The van der Waals surface area contributed by atoms with Crippen molar-refractivity contribution in [1.82, 2.24) is 14.8 Å². The van der Waals surface area contributed by atoms with Crippen molar-refractivity contribution in [3.63, 3.8) is 0 Å². The molecular formula is C6H11N3O2. The number of aliphatic hydroxyl groups is 1. The van der Waals surface area contributed by atoms with Gasteiger partial charge in [0.1, 0.15) is 12.9 Å². The summed E-state index contributed by atoms with van der Waals surface area (Å²) < 4.78 is 6.61. The van der Waals surface area contributed by atoms with E-state index in [0.717, 1.165) is 0 Å². The van der Waals surface area contributed by atoms with Crippen LogP contribution in [0.1, 0.15) is 5.82 Å². The fraction of sp³-hybridized carbons (Fsp3) is 0.667. The molecule has 0 saturated carbocycles. The summed E-state index contributed by atoms with van der Waals surface area (Å²) in [7, 11) is 1.63. The zero-order chi connectivity index (χ0) is 8.10. The quantitative estimate of drug-likeness (QED) is 0.635. The maximum absolute atomic E-state index is 8.74. The van der Waals surface area contributed by atoms with E-state index in [1.807, 2.05) is 0 Å². The van der Waals surface area contributed by atoms with E-state index in [1.54, 1.807) is 18.0 Å². The molecule has 0 atom stereocenters. The van der Waals surface area contributed by atoms with Crippen molar-refractivity contribution in [3.05, 3.63) is 12.2 Å². The van der Waals surface area contributed by atoms with E-state index in [9.17, 15) is 0 Å². The van der Waals surface area contributed by atoms with Gasteiger partial charge in [-0.25, -0.2) is 0 Å². The predicted octanol–water partition coefficient (Wildman–Crippen LogP) is -0.583. The van der Waals surface area contributed by atoms with Crippen LogP contribution in [-0.2, 0) is 17.9 Å². The summed E-state index contributed by atoms with van der Waals surface area (Å²) in [5, 5.41) is 16.1. The van der Waals surface area contributed by atoms with Crippen LogP contribution in [0.5, 0.6) is 0 Å². The highest BCUT2D eigenvalue weighted by atomic mass is 16.5. The van der Waals surface area contributed by atoms with Crippen LogP contribution in [0.3, 0.4) is 0 Å². The third kappa shape index (κ3) is 1.99. The molecule has 0 spiro atoms. The highest BCUT2D eigenvalue weighted by molar-refractivity contribution is 4.81. The molecule has 0 amide bonds. The average Bonchev–Trinajstić information content (AvgIpc) is 2.47. The molecule has 0 unspecified atom stereocenters. The molecule has 1 heterocycles. The van der Waals surface area contributed by atoms with E-state index in [4.69, 9.17) is 9.84 Å². The SMILES string of the molecule is COCCn1cnnc1CO. The van der Waals surface area contributed by atoms with Gasteiger partial charge < -0.3 is 14.4 Å². The number of ether oxygens (including phenoxy) is 1. The van der Waals surface area contributed by atoms with Gasteiger partial charge in [0.15, 0.2) is 5.82 Å². The second-order valence-corrected chi connectivity index (χ2v) is 2.09. The van der Waals surface area contributed by atoms with E-state index in [1.165, 1.54) is 0 Å². The maximum atomic E-state index is 8.74. The van der Waals surface area contributed by atoms with E-state index in [0.29, 0.717) is 19.0 Å². The molecule has 1 rings (SSSR count). The minimum absolute atomic E-state index is 0.0796. The molecule has 0 aliphatic heterocycles. The number of methoxy groups -OCH3 is 1. The number of aliphatic hydroxyl groups excluding tert-OH is 1. The molecule has 0 fully saturated rings. The van der Waals surface area contributed by atoms with Gasteiger partial charge in [0, 0.05) is 13.7 Å². The lowest BCUT2D eigenvalue weighted by Gasteiger charge is -2.01. The lowest BCUT2D eigenvalue weighted by molar-refractivity contribution is 0.182. The van der Waals surface area contributed by atoms with Crippen LogP contribution in [-0.4, -0.2) is 33.6 Å². The molecule has 1 aromatic rings. The first-order valence-electron chi connectivity index (χ1n) is 3.35. The predicted molar refractivity (Wildman–Crippen MR) is 37.8 cm³/mol. The fourth-order valence-electron chi connectivity index (χ4n) is 0.778. The topological polar surface area (TPSA) is 60.2 Å². The van der Waals surface area contributed by atoms with Crippen LogP contribution in [0.2, 0.25) is 0 Å². The van der Waals surface area contributed by atoms with Crippen LogP contribution >= 0.6 is 0 Å². The molecule has 5 nitrogen and oxygen atoms in total. The Morgan fingerprint density at radius 3 is 3.18 bits per heavy atom. The van der Waals surface area contributed by atoms with Gasteiger partial charge in [-0.3, -0.25) is 0 Å². The van der Waals surface area contributed by atoms with Crippen LogP contribution in [0.4, 0.5) is 0 Å². The van der Waals surface area contributed by atoms with Crippen molar-refractivity contribution in [2.45, 2.75) is 13.2 Å². The summed E-state index contributed by atoms with van der Waals surface area (Å²) in [5.41, 5.74) is 0. The highest BCUT2D eigenvalue weighted by Crippen LogP contribution is 1.93.